The van der Waals surface area contributed by atoms with E-state index in [1.165, 1.54) is 83.5 Å². The maximum atomic E-state index is 12.6. The van der Waals surface area contributed by atoms with Crippen molar-refractivity contribution in [3.05, 3.63) is 0 Å². The van der Waals surface area contributed by atoms with Gasteiger partial charge in [0.1, 0.15) is 0 Å². The quantitative estimate of drug-likeness (QED) is 0.0559. The average Bonchev–Trinajstić information content (AvgIpc) is 3.81. The molecule has 0 heterocycles. The molecule has 0 saturated heterocycles. The first-order chi connectivity index (χ1) is 21.9. The topological polar surface area (TPSA) is 76.1 Å². The third-order valence-electron chi connectivity index (χ3n) is 9.61. The molecule has 1 rings (SSSR count). The van der Waals surface area contributed by atoms with E-state index < -0.39 is 0 Å². The first-order valence-electron chi connectivity index (χ1n) is 19.6. The maximum Gasteiger partial charge on any atom is 0.312 e. The fourth-order valence-electron chi connectivity index (χ4n) is 6.29. The number of nitrogens with zero attached hydrogens (tertiary/aromatic N) is 1. The van der Waals surface area contributed by atoms with Crippen molar-refractivity contribution in [3.8, 4) is 0 Å². The highest BCUT2D eigenvalue weighted by molar-refractivity contribution is 5.79. The zero-order valence-electron chi connectivity index (χ0n) is 30.2. The minimum atomic E-state index is -0.156. The number of esters is 2. The summed E-state index contributed by atoms with van der Waals surface area (Å²) in [6.45, 7) is 11.0. The fraction of sp³-hybridized carbons (Fsp3) is 0.949. The zero-order valence-corrected chi connectivity index (χ0v) is 30.2. The van der Waals surface area contributed by atoms with E-state index in [0.29, 0.717) is 19.6 Å². The van der Waals surface area contributed by atoms with Crippen LogP contribution in [0.25, 0.3) is 0 Å². The monoisotopic (exact) mass is 638 g/mol. The van der Waals surface area contributed by atoms with Crippen LogP contribution in [-0.2, 0) is 19.1 Å². The molecule has 1 fully saturated rings. The predicted molar refractivity (Wildman–Crippen MR) is 188 cm³/mol. The number of hydrogen-bond donors (Lipinski definition) is 1. The van der Waals surface area contributed by atoms with Crippen LogP contribution < -0.4 is 0 Å². The molecule has 0 amide bonds. The van der Waals surface area contributed by atoms with Gasteiger partial charge >= 0.3 is 11.9 Å². The van der Waals surface area contributed by atoms with Gasteiger partial charge in [-0.15, -0.1) is 0 Å². The molecular formula is C39H75NO5. The van der Waals surface area contributed by atoms with Gasteiger partial charge in [-0.2, -0.15) is 0 Å². The van der Waals surface area contributed by atoms with Crippen molar-refractivity contribution >= 4 is 11.9 Å². The molecule has 1 aliphatic carbocycles. The van der Waals surface area contributed by atoms with Crippen LogP contribution in [-0.4, -0.2) is 61.4 Å². The molecule has 45 heavy (non-hydrogen) atoms. The van der Waals surface area contributed by atoms with Crippen LogP contribution in [0.4, 0.5) is 0 Å². The molecule has 0 unspecified atom stereocenters. The van der Waals surface area contributed by atoms with Gasteiger partial charge in [0.2, 0.25) is 0 Å². The van der Waals surface area contributed by atoms with Gasteiger partial charge in [0.25, 0.3) is 0 Å². The molecule has 0 spiro atoms. The van der Waals surface area contributed by atoms with E-state index in [1.807, 2.05) is 0 Å². The summed E-state index contributed by atoms with van der Waals surface area (Å²) in [7, 11) is 0. The van der Waals surface area contributed by atoms with E-state index in [4.69, 9.17) is 9.47 Å². The lowest BCUT2D eigenvalue weighted by atomic mass is 9.98. The molecule has 6 heteroatoms. The van der Waals surface area contributed by atoms with Crippen molar-refractivity contribution in [3.63, 3.8) is 0 Å². The number of carbonyl (C=O) groups is 2. The summed E-state index contributed by atoms with van der Waals surface area (Å²) in [5.41, 5.74) is -0.156. The van der Waals surface area contributed by atoms with E-state index in [9.17, 15) is 14.7 Å². The molecular weight excluding hydrogens is 562 g/mol. The summed E-state index contributed by atoms with van der Waals surface area (Å²) in [6.07, 6.45) is 29.7. The maximum absolute atomic E-state index is 12.6. The van der Waals surface area contributed by atoms with E-state index in [2.05, 4.69) is 25.7 Å². The first kappa shape index (κ1) is 41.9. The van der Waals surface area contributed by atoms with Crippen LogP contribution in [0.3, 0.4) is 0 Å². The SMILES string of the molecule is CCCCCCCCCOC(=O)C1(CCCCCCN(CCO)CCCCCCCC(=O)OCCCCCCCC(C)C)CC1. The molecule has 0 bridgehead atoms. The highest BCUT2D eigenvalue weighted by Crippen LogP contribution is 2.51. The van der Waals surface area contributed by atoms with Crippen molar-refractivity contribution in [2.75, 3.05) is 39.5 Å². The van der Waals surface area contributed by atoms with Crippen molar-refractivity contribution in [1.82, 2.24) is 4.90 Å². The summed E-state index contributed by atoms with van der Waals surface area (Å²) in [5, 5.41) is 9.50. The lowest BCUT2D eigenvalue weighted by Gasteiger charge is -2.21. The van der Waals surface area contributed by atoms with Gasteiger partial charge in [-0.1, -0.05) is 130 Å². The van der Waals surface area contributed by atoms with Gasteiger partial charge in [0, 0.05) is 13.0 Å². The van der Waals surface area contributed by atoms with Crippen molar-refractivity contribution in [2.45, 2.75) is 188 Å². The highest BCUT2D eigenvalue weighted by atomic mass is 16.5. The van der Waals surface area contributed by atoms with Gasteiger partial charge in [0.05, 0.1) is 25.2 Å². The number of ether oxygens (including phenoxy) is 2. The summed E-state index contributed by atoms with van der Waals surface area (Å²) in [4.78, 5) is 27.0. The van der Waals surface area contributed by atoms with E-state index in [-0.39, 0.29) is 24.0 Å². The lowest BCUT2D eigenvalue weighted by Crippen LogP contribution is -2.29. The molecule has 1 aliphatic rings. The Morgan fingerprint density at radius 2 is 1.16 bits per heavy atom. The molecule has 1 N–H and O–H groups in total. The molecule has 0 atom stereocenters. The van der Waals surface area contributed by atoms with Gasteiger partial charge in [-0.25, -0.2) is 0 Å². The number of rotatable bonds is 34. The van der Waals surface area contributed by atoms with Gasteiger partial charge in [-0.05, 0) is 70.4 Å². The summed E-state index contributed by atoms with van der Waals surface area (Å²) >= 11 is 0. The van der Waals surface area contributed by atoms with Crippen LogP contribution in [0.5, 0.6) is 0 Å². The largest absolute Gasteiger partial charge is 0.466 e. The fourth-order valence-corrected chi connectivity index (χ4v) is 6.29. The van der Waals surface area contributed by atoms with Crippen LogP contribution in [0, 0.1) is 11.3 Å². The Labute approximate surface area is 279 Å². The second-order valence-corrected chi connectivity index (χ2v) is 14.5. The molecule has 0 aromatic rings. The second-order valence-electron chi connectivity index (χ2n) is 14.5. The lowest BCUT2D eigenvalue weighted by molar-refractivity contribution is -0.150. The molecule has 0 aliphatic heterocycles. The van der Waals surface area contributed by atoms with E-state index >= 15 is 0 Å². The Kier molecular flexibility index (Phi) is 27.0. The Balaban J connectivity index is 1.96. The standard InChI is InChI=1S/C39H75NO5/c1-4-5-6-7-8-16-24-35-45-38(43)39(28-29-39)27-20-13-15-22-31-40(32-33-41)30-21-14-9-12-19-26-37(42)44-34-23-17-10-11-18-25-36(2)3/h36,41H,4-35H2,1-3H3. The van der Waals surface area contributed by atoms with Crippen LogP contribution >= 0.6 is 0 Å². The van der Waals surface area contributed by atoms with Crippen LogP contribution in [0.2, 0.25) is 0 Å². The molecule has 0 aromatic carbocycles. The molecule has 6 nitrogen and oxygen atoms in total. The van der Waals surface area contributed by atoms with Gasteiger partial charge in [-0.3, -0.25) is 9.59 Å². The Bertz CT molecular complexity index is 693. The summed E-state index contributed by atoms with van der Waals surface area (Å²) in [5.74, 6) is 0.833. The zero-order chi connectivity index (χ0) is 32.9. The first-order valence-corrected chi connectivity index (χ1v) is 19.6. The number of aliphatic hydroxyl groups excluding tert-OH is 1. The van der Waals surface area contributed by atoms with E-state index in [0.717, 1.165) is 103 Å². The summed E-state index contributed by atoms with van der Waals surface area (Å²) < 4.78 is 11.1. The van der Waals surface area contributed by atoms with Crippen LogP contribution in [0.1, 0.15) is 188 Å². The summed E-state index contributed by atoms with van der Waals surface area (Å²) in [6, 6.07) is 0. The average molecular weight is 638 g/mol. The van der Waals surface area contributed by atoms with Crippen molar-refractivity contribution < 1.29 is 24.2 Å². The third kappa shape index (κ3) is 24.7. The number of unbranched alkanes of at least 4 members (excludes halogenated alkanes) is 17. The number of aliphatic hydroxyl groups is 1. The molecule has 0 radical (unpaired) electrons. The minimum Gasteiger partial charge on any atom is -0.466 e. The number of carbonyl (C=O) groups excluding carboxylic acids is 2. The Morgan fingerprint density at radius 3 is 1.73 bits per heavy atom. The molecule has 1 saturated carbocycles. The highest BCUT2D eigenvalue weighted by Gasteiger charge is 2.50. The molecule has 0 aromatic heterocycles. The second kappa shape index (κ2) is 29.0. The Morgan fingerprint density at radius 1 is 0.644 bits per heavy atom. The minimum absolute atomic E-state index is 0.0324. The van der Waals surface area contributed by atoms with Crippen LogP contribution in [0.15, 0.2) is 0 Å². The molecule has 266 valence electrons. The van der Waals surface area contributed by atoms with Crippen molar-refractivity contribution in [1.29, 1.82) is 0 Å². The number of hydrogen-bond acceptors (Lipinski definition) is 6. The Hall–Kier alpha value is -1.14. The van der Waals surface area contributed by atoms with Gasteiger partial charge in [0.15, 0.2) is 0 Å². The normalized spacial score (nSPS) is 13.9. The third-order valence-corrected chi connectivity index (χ3v) is 9.61. The van der Waals surface area contributed by atoms with E-state index in [1.54, 1.807) is 0 Å². The predicted octanol–water partition coefficient (Wildman–Crippen LogP) is 10.2. The smallest absolute Gasteiger partial charge is 0.312 e. The van der Waals surface area contributed by atoms with Crippen molar-refractivity contribution in [2.24, 2.45) is 11.3 Å². The van der Waals surface area contributed by atoms with Gasteiger partial charge < -0.3 is 19.5 Å².